The summed E-state index contributed by atoms with van der Waals surface area (Å²) in [6, 6.07) is 19.2. The second-order valence-electron chi connectivity index (χ2n) is 4.75. The lowest BCUT2D eigenvalue weighted by Gasteiger charge is -2.11. The summed E-state index contributed by atoms with van der Waals surface area (Å²) in [6.45, 7) is 0. The Bertz CT molecular complexity index is 924. The van der Waals surface area contributed by atoms with Crippen LogP contribution in [0.15, 0.2) is 48.5 Å². The van der Waals surface area contributed by atoms with Crippen LogP contribution in [0.2, 0.25) is 0 Å². The fourth-order valence-electron chi connectivity index (χ4n) is 2.87. The van der Waals surface area contributed by atoms with Crippen LogP contribution in [0.4, 0.5) is 0 Å². The maximum Gasteiger partial charge on any atom is 0.249 e. The average Bonchev–Trinajstić information content (AvgIpc) is 2.44. The fraction of sp³-hybridized carbons (Fsp3) is 0. The van der Waals surface area contributed by atoms with E-state index in [-0.39, 0.29) is 0 Å². The summed E-state index contributed by atoms with van der Waals surface area (Å²) >= 11 is 0. The minimum absolute atomic E-state index is 0.432. The zero-order chi connectivity index (χ0) is 13.0. The third-order valence-corrected chi connectivity index (χ3v) is 3.70. The zero-order valence-electron chi connectivity index (χ0n) is 10.1. The van der Waals surface area contributed by atoms with Crippen molar-refractivity contribution in [1.29, 1.82) is 0 Å². The van der Waals surface area contributed by atoms with Crippen molar-refractivity contribution in [3.05, 3.63) is 60.2 Å². The van der Waals surface area contributed by atoms with Gasteiger partial charge in [0.2, 0.25) is 5.91 Å². The Kier molecular flexibility index (Phi) is 1.88. The number of nitrogens with two attached hydrogens (primary N) is 1. The number of rotatable bonds is 1. The van der Waals surface area contributed by atoms with Gasteiger partial charge in [0.15, 0.2) is 0 Å². The highest BCUT2D eigenvalue weighted by molar-refractivity contribution is 6.26. The van der Waals surface area contributed by atoms with Crippen LogP contribution in [0.3, 0.4) is 0 Å². The van der Waals surface area contributed by atoms with Gasteiger partial charge in [0.05, 0.1) is 5.56 Å². The summed E-state index contributed by atoms with van der Waals surface area (Å²) in [7, 11) is 0. The lowest BCUT2D eigenvalue weighted by atomic mass is 9.92. The molecule has 4 aromatic rings. The van der Waals surface area contributed by atoms with Gasteiger partial charge in [0.25, 0.3) is 0 Å². The molecule has 4 aromatic carbocycles. The second kappa shape index (κ2) is 3.45. The van der Waals surface area contributed by atoms with Crippen LogP contribution >= 0.6 is 0 Å². The van der Waals surface area contributed by atoms with Crippen molar-refractivity contribution in [2.75, 3.05) is 0 Å². The quantitative estimate of drug-likeness (QED) is 0.512. The molecule has 0 aliphatic carbocycles. The van der Waals surface area contributed by atoms with Gasteiger partial charge >= 0.3 is 0 Å². The van der Waals surface area contributed by atoms with E-state index < -0.39 is 5.91 Å². The summed E-state index contributed by atoms with van der Waals surface area (Å²) in [4.78, 5) is 11.5. The predicted octanol–water partition coefficient (Wildman–Crippen LogP) is 3.48. The molecule has 1 radical (unpaired) electrons. The van der Waals surface area contributed by atoms with Crippen LogP contribution in [0.25, 0.3) is 32.3 Å². The van der Waals surface area contributed by atoms with Crippen LogP contribution in [0.5, 0.6) is 0 Å². The molecule has 0 atom stereocenters. The van der Waals surface area contributed by atoms with Gasteiger partial charge in [-0.25, -0.2) is 0 Å². The van der Waals surface area contributed by atoms with Gasteiger partial charge in [-0.1, -0.05) is 42.5 Å². The number of hydrogen-bond acceptors (Lipinski definition) is 1. The van der Waals surface area contributed by atoms with E-state index in [9.17, 15) is 4.79 Å². The summed E-state index contributed by atoms with van der Waals surface area (Å²) in [6.07, 6.45) is 0. The first-order valence-electron chi connectivity index (χ1n) is 6.14. The molecule has 0 aromatic heterocycles. The first-order chi connectivity index (χ1) is 9.25. The number of primary amides is 1. The van der Waals surface area contributed by atoms with Crippen LogP contribution < -0.4 is 5.73 Å². The highest BCUT2D eigenvalue weighted by Crippen LogP contribution is 2.35. The van der Waals surface area contributed by atoms with Crippen LogP contribution in [-0.4, -0.2) is 5.91 Å². The van der Waals surface area contributed by atoms with E-state index in [2.05, 4.69) is 30.3 Å². The Labute approximate surface area is 109 Å². The molecule has 0 saturated carbocycles. The lowest BCUT2D eigenvalue weighted by molar-refractivity contribution is 0.100. The van der Waals surface area contributed by atoms with Gasteiger partial charge < -0.3 is 5.73 Å². The van der Waals surface area contributed by atoms with Crippen molar-refractivity contribution in [3.8, 4) is 0 Å². The summed E-state index contributed by atoms with van der Waals surface area (Å²) in [5.41, 5.74) is 5.91. The highest BCUT2D eigenvalue weighted by atomic mass is 16.1. The molecule has 0 heterocycles. The normalized spacial score (nSPS) is 11.6. The standard InChI is InChI=1S/C17H10NO/c18-17(19)14-9-7-12-5-4-10-2-1-3-11-6-8-13(14)16(12)15(10)11/h1-8H,(H2,18,19). The molecule has 19 heavy (non-hydrogen) atoms. The Morgan fingerprint density at radius 2 is 1.58 bits per heavy atom. The van der Waals surface area contributed by atoms with E-state index in [0.717, 1.165) is 16.2 Å². The maximum atomic E-state index is 11.5. The number of carbonyl (C=O) groups is 1. The van der Waals surface area contributed by atoms with Crippen molar-refractivity contribution < 1.29 is 4.79 Å². The number of carbonyl (C=O) groups excluding carboxylic acids is 1. The van der Waals surface area contributed by atoms with Gasteiger partial charge in [0, 0.05) is 0 Å². The molecule has 0 aliphatic rings. The third-order valence-electron chi connectivity index (χ3n) is 3.70. The summed E-state index contributed by atoms with van der Waals surface area (Å²) in [5.74, 6) is -0.432. The van der Waals surface area contributed by atoms with Gasteiger partial charge in [-0.2, -0.15) is 0 Å². The molecule has 0 bridgehead atoms. The first-order valence-corrected chi connectivity index (χ1v) is 6.14. The van der Waals surface area contributed by atoms with E-state index >= 15 is 0 Å². The highest BCUT2D eigenvalue weighted by Gasteiger charge is 2.12. The minimum Gasteiger partial charge on any atom is -0.366 e. The van der Waals surface area contributed by atoms with Crippen LogP contribution in [0, 0.1) is 6.07 Å². The molecular weight excluding hydrogens is 234 g/mol. The molecule has 0 aliphatic heterocycles. The van der Waals surface area contributed by atoms with Gasteiger partial charge in [-0.15, -0.1) is 0 Å². The number of amides is 1. The SMILES string of the molecule is NC(=O)c1[c]cc2ccc3cccc4ccc1c2c34. The smallest absolute Gasteiger partial charge is 0.249 e. The van der Waals surface area contributed by atoms with Crippen LogP contribution in [0.1, 0.15) is 10.4 Å². The second-order valence-corrected chi connectivity index (χ2v) is 4.75. The third kappa shape index (κ3) is 1.28. The molecular formula is C17H10NO. The Morgan fingerprint density at radius 1 is 0.895 bits per heavy atom. The van der Waals surface area contributed by atoms with Crippen LogP contribution in [-0.2, 0) is 0 Å². The number of hydrogen-bond donors (Lipinski definition) is 1. The monoisotopic (exact) mass is 244 g/mol. The molecule has 1 amide bonds. The van der Waals surface area contributed by atoms with Gasteiger partial charge in [-0.05, 0) is 44.5 Å². The molecule has 2 heteroatoms. The topological polar surface area (TPSA) is 43.1 Å². The van der Waals surface area contributed by atoms with Crippen molar-refractivity contribution in [1.82, 2.24) is 0 Å². The van der Waals surface area contributed by atoms with Gasteiger partial charge in [0.1, 0.15) is 0 Å². The molecule has 0 unspecified atom stereocenters. The lowest BCUT2D eigenvalue weighted by Crippen LogP contribution is -2.11. The molecule has 2 N–H and O–H groups in total. The molecule has 0 spiro atoms. The summed E-state index contributed by atoms with van der Waals surface area (Å²) in [5, 5.41) is 6.62. The fourth-order valence-corrected chi connectivity index (χ4v) is 2.87. The zero-order valence-corrected chi connectivity index (χ0v) is 10.1. The van der Waals surface area contributed by atoms with E-state index in [0.29, 0.717) is 5.56 Å². The molecule has 89 valence electrons. The van der Waals surface area contributed by atoms with E-state index in [4.69, 9.17) is 5.73 Å². The van der Waals surface area contributed by atoms with Crippen molar-refractivity contribution in [2.45, 2.75) is 0 Å². The number of benzene rings is 4. The Hall–Kier alpha value is -2.61. The minimum atomic E-state index is -0.432. The molecule has 0 fully saturated rings. The molecule has 4 rings (SSSR count). The molecule has 0 saturated heterocycles. The Balaban J connectivity index is 2.38. The van der Waals surface area contributed by atoms with Gasteiger partial charge in [-0.3, -0.25) is 4.79 Å². The van der Waals surface area contributed by atoms with Crippen molar-refractivity contribution >= 4 is 38.2 Å². The predicted molar refractivity (Wildman–Crippen MR) is 77.5 cm³/mol. The summed E-state index contributed by atoms with van der Waals surface area (Å²) < 4.78 is 0. The average molecular weight is 244 g/mol. The van der Waals surface area contributed by atoms with E-state index in [1.165, 1.54) is 16.2 Å². The molecule has 2 nitrogen and oxygen atoms in total. The Morgan fingerprint density at radius 3 is 2.32 bits per heavy atom. The largest absolute Gasteiger partial charge is 0.366 e. The maximum absolute atomic E-state index is 11.5. The van der Waals surface area contributed by atoms with Crippen molar-refractivity contribution in [3.63, 3.8) is 0 Å². The van der Waals surface area contributed by atoms with Crippen molar-refractivity contribution in [2.24, 2.45) is 5.73 Å². The van der Waals surface area contributed by atoms with E-state index in [1.807, 2.05) is 24.3 Å². The van der Waals surface area contributed by atoms with E-state index in [1.54, 1.807) is 0 Å². The first kappa shape index (κ1) is 10.3.